The van der Waals surface area contributed by atoms with E-state index in [0.717, 1.165) is 13.2 Å². The van der Waals surface area contributed by atoms with Gasteiger partial charge in [0.1, 0.15) is 23.3 Å². The quantitative estimate of drug-likeness (QED) is 0.364. The minimum Gasteiger partial charge on any atom is -0.465 e. The number of non-ortho nitro benzene ring substituents is 1. The number of carbonyl (C=O) groups excluding carboxylic acids is 2. The van der Waals surface area contributed by atoms with Gasteiger partial charge in [-0.3, -0.25) is 14.9 Å². The van der Waals surface area contributed by atoms with Crippen LogP contribution in [0.5, 0.6) is 11.5 Å². The van der Waals surface area contributed by atoms with Crippen LogP contribution >= 0.6 is 0 Å². The van der Waals surface area contributed by atoms with Gasteiger partial charge in [-0.05, 0) is 18.2 Å². The van der Waals surface area contributed by atoms with Gasteiger partial charge in [-0.2, -0.15) is 0 Å². The van der Waals surface area contributed by atoms with E-state index in [2.05, 4.69) is 4.74 Å². The van der Waals surface area contributed by atoms with Gasteiger partial charge in [0.2, 0.25) is 0 Å². The molecule has 0 spiro atoms. The Bertz CT molecular complexity index is 741. The van der Waals surface area contributed by atoms with Gasteiger partial charge in [0, 0.05) is 17.7 Å². The van der Waals surface area contributed by atoms with Gasteiger partial charge in [0.15, 0.2) is 0 Å². The minimum absolute atomic E-state index is 0.0757. The van der Waals surface area contributed by atoms with Crippen molar-refractivity contribution in [1.29, 1.82) is 0 Å². The van der Waals surface area contributed by atoms with E-state index in [0.29, 0.717) is 17.6 Å². The summed E-state index contributed by atoms with van der Waals surface area (Å²) in [6.45, 7) is 0. The lowest BCUT2D eigenvalue weighted by Crippen LogP contribution is -2.05. The zero-order valence-electron chi connectivity index (χ0n) is 11.5. The van der Waals surface area contributed by atoms with Gasteiger partial charge in [0.05, 0.1) is 12.0 Å². The molecule has 0 aromatic heterocycles. The Hall–Kier alpha value is -3.22. The third-order valence-corrected chi connectivity index (χ3v) is 2.80. The Morgan fingerprint density at radius 2 is 2.00 bits per heavy atom. The second-order valence-corrected chi connectivity index (χ2v) is 4.22. The molecule has 0 saturated heterocycles. The number of nitrogens with zero attached hydrogens (tertiary/aromatic N) is 1. The largest absolute Gasteiger partial charge is 0.465 e. The van der Waals surface area contributed by atoms with E-state index < -0.39 is 10.9 Å². The second kappa shape index (κ2) is 6.49. The maximum absolute atomic E-state index is 11.7. The summed E-state index contributed by atoms with van der Waals surface area (Å²) in [4.78, 5) is 32.7. The molecule has 2 aromatic rings. The van der Waals surface area contributed by atoms with Crippen LogP contribution in [-0.4, -0.2) is 24.3 Å². The number of aldehydes is 1. The first-order valence-electron chi connectivity index (χ1n) is 6.15. The van der Waals surface area contributed by atoms with Crippen LogP contribution in [0.4, 0.5) is 5.69 Å². The Morgan fingerprint density at radius 3 is 2.64 bits per heavy atom. The summed E-state index contributed by atoms with van der Waals surface area (Å²) >= 11 is 0. The number of methoxy groups -OCH3 is 1. The molecule has 0 saturated carbocycles. The Morgan fingerprint density at radius 1 is 1.23 bits per heavy atom. The Kier molecular flexibility index (Phi) is 4.47. The summed E-state index contributed by atoms with van der Waals surface area (Å²) in [5.74, 6) is -0.339. The zero-order chi connectivity index (χ0) is 16.1. The molecule has 22 heavy (non-hydrogen) atoms. The fraction of sp³-hybridized carbons (Fsp3) is 0.0667. The first-order valence-corrected chi connectivity index (χ1v) is 6.15. The highest BCUT2D eigenvalue weighted by Gasteiger charge is 2.19. The van der Waals surface area contributed by atoms with Crippen molar-refractivity contribution in [2.24, 2.45) is 0 Å². The van der Waals surface area contributed by atoms with Crippen molar-refractivity contribution in [2.75, 3.05) is 7.11 Å². The van der Waals surface area contributed by atoms with E-state index in [-0.39, 0.29) is 17.0 Å². The average Bonchev–Trinajstić information content (AvgIpc) is 2.54. The molecule has 0 unspecified atom stereocenters. The number of carbonyl (C=O) groups is 2. The number of hydrogen-bond acceptors (Lipinski definition) is 6. The van der Waals surface area contributed by atoms with Crippen LogP contribution < -0.4 is 4.74 Å². The summed E-state index contributed by atoms with van der Waals surface area (Å²) in [6, 6.07) is 9.87. The fourth-order valence-corrected chi connectivity index (χ4v) is 1.77. The third kappa shape index (κ3) is 3.26. The molecule has 112 valence electrons. The van der Waals surface area contributed by atoms with Gasteiger partial charge in [-0.15, -0.1) is 0 Å². The van der Waals surface area contributed by atoms with Crippen molar-refractivity contribution in [3.05, 3.63) is 63.7 Å². The predicted molar refractivity (Wildman–Crippen MR) is 76.3 cm³/mol. The monoisotopic (exact) mass is 301 g/mol. The van der Waals surface area contributed by atoms with Gasteiger partial charge in [-0.25, -0.2) is 4.79 Å². The highest BCUT2D eigenvalue weighted by Crippen LogP contribution is 2.29. The molecular weight excluding hydrogens is 290 g/mol. The van der Waals surface area contributed by atoms with E-state index in [9.17, 15) is 19.7 Å². The van der Waals surface area contributed by atoms with Crippen molar-refractivity contribution >= 4 is 17.9 Å². The first-order chi connectivity index (χ1) is 10.5. The summed E-state index contributed by atoms with van der Waals surface area (Å²) in [5, 5.41) is 10.8. The molecule has 7 nitrogen and oxygen atoms in total. The van der Waals surface area contributed by atoms with Crippen molar-refractivity contribution in [3.8, 4) is 11.5 Å². The van der Waals surface area contributed by atoms with Crippen LogP contribution in [0.3, 0.4) is 0 Å². The van der Waals surface area contributed by atoms with E-state index >= 15 is 0 Å². The molecule has 0 amide bonds. The third-order valence-electron chi connectivity index (χ3n) is 2.80. The molecule has 0 fully saturated rings. The maximum Gasteiger partial charge on any atom is 0.341 e. The predicted octanol–water partition coefficient (Wildman–Crippen LogP) is 2.99. The molecule has 0 aliphatic heterocycles. The summed E-state index contributed by atoms with van der Waals surface area (Å²) in [6.07, 6.45) is 0.657. The molecular formula is C15H11NO6. The zero-order valence-corrected chi connectivity index (χ0v) is 11.5. The summed E-state index contributed by atoms with van der Waals surface area (Å²) in [5.41, 5.74) is 0.0710. The number of ether oxygens (including phenoxy) is 2. The van der Waals surface area contributed by atoms with Crippen LogP contribution in [0.15, 0.2) is 42.5 Å². The van der Waals surface area contributed by atoms with Crippen LogP contribution in [0.2, 0.25) is 0 Å². The molecule has 0 atom stereocenters. The van der Waals surface area contributed by atoms with Crippen molar-refractivity contribution < 1.29 is 24.0 Å². The number of nitro groups is 1. The summed E-state index contributed by atoms with van der Waals surface area (Å²) in [7, 11) is 1.16. The van der Waals surface area contributed by atoms with Crippen LogP contribution in [0.25, 0.3) is 0 Å². The highest BCUT2D eigenvalue weighted by atomic mass is 16.6. The number of esters is 1. The average molecular weight is 301 g/mol. The number of rotatable bonds is 5. The standard InChI is InChI=1S/C15H11NO6/c1-21-15(18)13-8-11(16(19)20)5-6-14(13)22-12-4-2-3-10(7-12)9-17/h2-9H,1H3. The fourth-order valence-electron chi connectivity index (χ4n) is 1.77. The smallest absolute Gasteiger partial charge is 0.341 e. The number of nitro benzene ring substituents is 1. The lowest BCUT2D eigenvalue weighted by molar-refractivity contribution is -0.384. The highest BCUT2D eigenvalue weighted by molar-refractivity contribution is 5.93. The molecule has 0 aliphatic rings. The SMILES string of the molecule is COC(=O)c1cc([N+](=O)[O-])ccc1Oc1cccc(C=O)c1. The lowest BCUT2D eigenvalue weighted by atomic mass is 10.1. The Labute approximate surface area is 125 Å². The van der Waals surface area contributed by atoms with Crippen molar-refractivity contribution in [2.45, 2.75) is 0 Å². The van der Waals surface area contributed by atoms with E-state index in [1.807, 2.05) is 0 Å². The van der Waals surface area contributed by atoms with Gasteiger partial charge in [-0.1, -0.05) is 12.1 Å². The lowest BCUT2D eigenvalue weighted by Gasteiger charge is -2.10. The molecule has 0 N–H and O–H groups in total. The molecule has 7 heteroatoms. The molecule has 0 radical (unpaired) electrons. The molecule has 2 rings (SSSR count). The molecule has 0 bridgehead atoms. The van der Waals surface area contributed by atoms with E-state index in [4.69, 9.17) is 4.74 Å². The topological polar surface area (TPSA) is 95.7 Å². The maximum atomic E-state index is 11.7. The minimum atomic E-state index is -0.759. The van der Waals surface area contributed by atoms with Gasteiger partial charge >= 0.3 is 5.97 Å². The van der Waals surface area contributed by atoms with Crippen molar-refractivity contribution in [3.63, 3.8) is 0 Å². The van der Waals surface area contributed by atoms with Gasteiger partial charge in [0.25, 0.3) is 5.69 Å². The van der Waals surface area contributed by atoms with Gasteiger partial charge < -0.3 is 9.47 Å². The van der Waals surface area contributed by atoms with Crippen LogP contribution in [0, 0.1) is 10.1 Å². The number of hydrogen-bond donors (Lipinski definition) is 0. The van der Waals surface area contributed by atoms with Crippen LogP contribution in [0.1, 0.15) is 20.7 Å². The number of benzene rings is 2. The first kappa shape index (κ1) is 15.2. The normalized spacial score (nSPS) is 9.86. The van der Waals surface area contributed by atoms with E-state index in [1.165, 1.54) is 18.2 Å². The molecule has 0 heterocycles. The molecule has 0 aliphatic carbocycles. The van der Waals surface area contributed by atoms with E-state index in [1.54, 1.807) is 18.2 Å². The Balaban J connectivity index is 2.42. The second-order valence-electron chi connectivity index (χ2n) is 4.22. The van der Waals surface area contributed by atoms with Crippen molar-refractivity contribution in [1.82, 2.24) is 0 Å². The molecule has 2 aromatic carbocycles. The van der Waals surface area contributed by atoms with Crippen LogP contribution in [-0.2, 0) is 4.74 Å². The summed E-state index contributed by atoms with van der Waals surface area (Å²) < 4.78 is 10.1.